The van der Waals surface area contributed by atoms with Crippen LogP contribution < -0.4 is 4.90 Å². The van der Waals surface area contributed by atoms with Gasteiger partial charge in [-0.3, -0.25) is 0 Å². The summed E-state index contributed by atoms with van der Waals surface area (Å²) in [6.45, 7) is 7.71. The Kier molecular flexibility index (Phi) is 5.02. The highest BCUT2D eigenvalue weighted by atomic mass is 79.9. The number of halogens is 1. The fraction of sp³-hybridized carbons (Fsp3) is 0.733. The van der Waals surface area contributed by atoms with Crippen molar-refractivity contribution in [3.05, 3.63) is 16.5 Å². The van der Waals surface area contributed by atoms with Crippen LogP contribution in [0.2, 0.25) is 0 Å². The predicted octanol–water partition coefficient (Wildman–Crippen LogP) is 3.28. The molecule has 2 rings (SSSR count). The average molecular weight is 342 g/mol. The smallest absolute Gasteiger partial charge is 0.137 e. The number of nitrogens with zero attached hydrogens (tertiary/aromatic N) is 3. The van der Waals surface area contributed by atoms with Crippen LogP contribution in [0.15, 0.2) is 10.7 Å². The van der Waals surface area contributed by atoms with Crippen molar-refractivity contribution in [2.45, 2.75) is 57.9 Å². The first-order chi connectivity index (χ1) is 9.41. The van der Waals surface area contributed by atoms with Gasteiger partial charge in [-0.25, -0.2) is 9.97 Å². The zero-order chi connectivity index (χ0) is 14.8. The molecule has 1 fully saturated rings. The van der Waals surface area contributed by atoms with Gasteiger partial charge >= 0.3 is 0 Å². The van der Waals surface area contributed by atoms with E-state index >= 15 is 0 Å². The van der Waals surface area contributed by atoms with Crippen molar-refractivity contribution in [2.24, 2.45) is 0 Å². The van der Waals surface area contributed by atoms with Gasteiger partial charge in [-0.15, -0.1) is 0 Å². The Bertz CT molecular complexity index is 459. The molecule has 0 radical (unpaired) electrons. The number of hydrogen-bond acceptors (Lipinski definition) is 4. The third-order valence-electron chi connectivity index (χ3n) is 3.72. The summed E-state index contributed by atoms with van der Waals surface area (Å²) in [6, 6.07) is 2.50. The first-order valence-electron chi connectivity index (χ1n) is 7.34. The zero-order valence-corrected chi connectivity index (χ0v) is 14.2. The number of aliphatic hydroxyl groups excluding tert-OH is 1. The van der Waals surface area contributed by atoms with Crippen molar-refractivity contribution in [3.63, 3.8) is 0 Å². The van der Waals surface area contributed by atoms with Gasteiger partial charge in [0.05, 0.1) is 0 Å². The third-order valence-corrected chi connectivity index (χ3v) is 4.13. The fourth-order valence-corrected chi connectivity index (χ4v) is 3.03. The molecule has 0 bridgehead atoms. The quantitative estimate of drug-likeness (QED) is 0.853. The minimum Gasteiger partial charge on any atom is -0.396 e. The van der Waals surface area contributed by atoms with Gasteiger partial charge in [0.2, 0.25) is 0 Å². The van der Waals surface area contributed by atoms with Crippen molar-refractivity contribution in [1.29, 1.82) is 0 Å². The van der Waals surface area contributed by atoms with Gasteiger partial charge < -0.3 is 10.0 Å². The lowest BCUT2D eigenvalue weighted by Crippen LogP contribution is -2.31. The van der Waals surface area contributed by atoms with Crippen molar-refractivity contribution >= 4 is 21.7 Å². The van der Waals surface area contributed by atoms with Gasteiger partial charge in [0, 0.05) is 30.7 Å². The second-order valence-electron chi connectivity index (χ2n) is 6.48. The van der Waals surface area contributed by atoms with Gasteiger partial charge in [-0.05, 0) is 41.6 Å². The largest absolute Gasteiger partial charge is 0.396 e. The molecule has 0 amide bonds. The lowest BCUT2D eigenvalue weighted by molar-refractivity contribution is 0.279. The molecule has 1 atom stereocenters. The van der Waals surface area contributed by atoms with Crippen molar-refractivity contribution in [1.82, 2.24) is 9.97 Å². The topological polar surface area (TPSA) is 49.2 Å². The van der Waals surface area contributed by atoms with Crippen LogP contribution in [0.5, 0.6) is 0 Å². The van der Waals surface area contributed by atoms with Crippen molar-refractivity contribution in [3.8, 4) is 0 Å². The Morgan fingerprint density at radius 1 is 1.40 bits per heavy atom. The maximum atomic E-state index is 9.03. The molecule has 1 aromatic rings. The molecule has 0 aliphatic carbocycles. The van der Waals surface area contributed by atoms with Gasteiger partial charge in [0.25, 0.3) is 0 Å². The monoisotopic (exact) mass is 341 g/mol. The molecule has 1 saturated heterocycles. The highest BCUT2D eigenvalue weighted by Gasteiger charge is 2.27. The molecule has 0 aromatic carbocycles. The Morgan fingerprint density at radius 3 is 2.80 bits per heavy atom. The molecule has 2 heterocycles. The summed E-state index contributed by atoms with van der Waals surface area (Å²) in [6.07, 6.45) is 4.28. The van der Waals surface area contributed by atoms with E-state index in [9.17, 15) is 0 Å². The molecule has 1 aromatic heterocycles. The van der Waals surface area contributed by atoms with Crippen molar-refractivity contribution in [2.75, 3.05) is 18.1 Å². The van der Waals surface area contributed by atoms with E-state index in [1.807, 2.05) is 6.07 Å². The molecule has 0 spiro atoms. The number of anilines is 1. The Hall–Kier alpha value is -0.680. The average Bonchev–Trinajstić information content (AvgIpc) is 2.82. The molecule has 20 heavy (non-hydrogen) atoms. The van der Waals surface area contributed by atoms with E-state index in [1.165, 1.54) is 12.8 Å². The fourth-order valence-electron chi connectivity index (χ4n) is 2.65. The molecule has 1 N–H and O–H groups in total. The van der Waals surface area contributed by atoms with E-state index in [1.54, 1.807) is 0 Å². The second-order valence-corrected chi connectivity index (χ2v) is 7.29. The molecule has 5 heteroatoms. The molecule has 112 valence electrons. The van der Waals surface area contributed by atoms with Crippen LogP contribution in [-0.2, 0) is 5.41 Å². The van der Waals surface area contributed by atoms with Crippen LogP contribution in [-0.4, -0.2) is 34.3 Å². The molecular formula is C15H24BrN3O. The van der Waals surface area contributed by atoms with Gasteiger partial charge in [-0.1, -0.05) is 20.8 Å². The van der Waals surface area contributed by atoms with Crippen LogP contribution >= 0.6 is 15.9 Å². The summed E-state index contributed by atoms with van der Waals surface area (Å²) < 4.78 is 0.847. The maximum Gasteiger partial charge on any atom is 0.137 e. The maximum absolute atomic E-state index is 9.03. The van der Waals surface area contributed by atoms with Crippen LogP contribution in [0, 0.1) is 0 Å². The highest BCUT2D eigenvalue weighted by Crippen LogP contribution is 2.30. The lowest BCUT2D eigenvalue weighted by Gasteiger charge is -2.27. The molecular weight excluding hydrogens is 318 g/mol. The van der Waals surface area contributed by atoms with Crippen LogP contribution in [0.4, 0.5) is 5.82 Å². The second kappa shape index (κ2) is 6.39. The third kappa shape index (κ3) is 3.70. The summed E-state index contributed by atoms with van der Waals surface area (Å²) in [4.78, 5) is 11.6. The Morgan fingerprint density at radius 2 is 2.15 bits per heavy atom. The minimum absolute atomic E-state index is 0.0567. The molecule has 1 aliphatic rings. The van der Waals surface area contributed by atoms with E-state index in [-0.39, 0.29) is 12.0 Å². The summed E-state index contributed by atoms with van der Waals surface area (Å²) in [5, 5.41) is 9.03. The molecule has 1 aliphatic heterocycles. The zero-order valence-electron chi connectivity index (χ0n) is 12.6. The number of aliphatic hydroxyl groups is 1. The SMILES string of the molecule is CC(C)(C)c1nc(Br)cc(N2CCCC2CCCO)n1. The van der Waals surface area contributed by atoms with E-state index < -0.39 is 0 Å². The number of aromatic nitrogens is 2. The lowest BCUT2D eigenvalue weighted by atomic mass is 9.96. The first-order valence-corrected chi connectivity index (χ1v) is 8.13. The summed E-state index contributed by atoms with van der Waals surface area (Å²) in [5.41, 5.74) is -0.0567. The number of rotatable bonds is 4. The molecule has 1 unspecified atom stereocenters. The summed E-state index contributed by atoms with van der Waals surface area (Å²) in [7, 11) is 0. The van der Waals surface area contributed by atoms with Gasteiger partial charge in [-0.2, -0.15) is 0 Å². The minimum atomic E-state index is -0.0567. The van der Waals surface area contributed by atoms with E-state index in [2.05, 4.69) is 46.6 Å². The highest BCUT2D eigenvalue weighted by molar-refractivity contribution is 9.10. The van der Waals surface area contributed by atoms with E-state index in [0.717, 1.165) is 35.6 Å². The number of hydrogen-bond donors (Lipinski definition) is 1. The standard InChI is InChI=1S/C15H24BrN3O/c1-15(2,3)14-17-12(16)10-13(18-14)19-8-4-6-11(19)7-5-9-20/h10-11,20H,4-9H2,1-3H3. The van der Waals surface area contributed by atoms with E-state index in [4.69, 9.17) is 10.1 Å². The van der Waals surface area contributed by atoms with E-state index in [0.29, 0.717) is 6.04 Å². The van der Waals surface area contributed by atoms with Crippen LogP contribution in [0.3, 0.4) is 0 Å². The van der Waals surface area contributed by atoms with Crippen molar-refractivity contribution < 1.29 is 5.11 Å². The van der Waals surface area contributed by atoms with Gasteiger partial charge in [0.15, 0.2) is 0 Å². The molecule has 4 nitrogen and oxygen atoms in total. The van der Waals surface area contributed by atoms with Gasteiger partial charge in [0.1, 0.15) is 16.2 Å². The normalized spacial score (nSPS) is 19.6. The summed E-state index contributed by atoms with van der Waals surface area (Å²) in [5.74, 6) is 1.88. The first kappa shape index (κ1) is 15.7. The Labute approximate surface area is 129 Å². The summed E-state index contributed by atoms with van der Waals surface area (Å²) >= 11 is 3.51. The van der Waals surface area contributed by atoms with Crippen LogP contribution in [0.25, 0.3) is 0 Å². The van der Waals surface area contributed by atoms with Crippen LogP contribution in [0.1, 0.15) is 52.3 Å². The Balaban J connectivity index is 2.25. The molecule has 0 saturated carbocycles. The predicted molar refractivity (Wildman–Crippen MR) is 85.1 cm³/mol.